The van der Waals surface area contributed by atoms with Crippen LogP contribution in [0.2, 0.25) is 0 Å². The van der Waals surface area contributed by atoms with Crippen LogP contribution in [0.5, 0.6) is 0 Å². The van der Waals surface area contributed by atoms with Crippen molar-refractivity contribution in [3.05, 3.63) is 93.7 Å². The number of hydrogen-bond acceptors (Lipinski definition) is 6. The zero-order valence-electron chi connectivity index (χ0n) is 20.8. The molecule has 0 spiro atoms. The Balaban J connectivity index is 1.64. The van der Waals surface area contributed by atoms with Gasteiger partial charge in [-0.05, 0) is 44.2 Å². The Labute approximate surface area is 211 Å². The van der Waals surface area contributed by atoms with Crippen molar-refractivity contribution >= 4 is 28.8 Å². The van der Waals surface area contributed by atoms with Crippen molar-refractivity contribution < 1.29 is 14.3 Å². The summed E-state index contributed by atoms with van der Waals surface area (Å²) in [6.07, 6.45) is -0.0356. The fraction of sp³-hybridized carbons (Fsp3) is 0.321. The van der Waals surface area contributed by atoms with E-state index < -0.39 is 6.04 Å². The van der Waals surface area contributed by atoms with Gasteiger partial charge in [0.15, 0.2) is 5.17 Å². The molecule has 2 heterocycles. The molecule has 1 unspecified atom stereocenters. The van der Waals surface area contributed by atoms with Gasteiger partial charge in [-0.3, -0.25) is 4.79 Å². The molecular weight excluding hydrogens is 458 g/mol. The van der Waals surface area contributed by atoms with Gasteiger partial charge < -0.3 is 14.5 Å². The monoisotopic (exact) mass is 489 g/mol. The van der Waals surface area contributed by atoms with Gasteiger partial charge in [-0.2, -0.15) is 0 Å². The van der Waals surface area contributed by atoms with Gasteiger partial charge in [0.1, 0.15) is 0 Å². The average molecular weight is 490 g/mol. The summed E-state index contributed by atoms with van der Waals surface area (Å²) in [5.74, 6) is -0.378. The first kappa shape index (κ1) is 24.8. The fourth-order valence-electron chi connectivity index (χ4n) is 4.21. The van der Waals surface area contributed by atoms with E-state index in [0.717, 1.165) is 27.6 Å². The van der Waals surface area contributed by atoms with Crippen LogP contribution < -0.4 is 0 Å². The lowest BCUT2D eigenvalue weighted by atomic mass is 9.93. The smallest absolute Gasteiger partial charge is 0.338 e. The second kappa shape index (κ2) is 10.5. The van der Waals surface area contributed by atoms with Crippen LogP contribution >= 0.6 is 11.8 Å². The lowest BCUT2D eigenvalue weighted by Gasteiger charge is -2.36. The molecule has 0 aliphatic carbocycles. The quantitative estimate of drug-likeness (QED) is 0.476. The standard InChI is InChI=1S/C28H31N3O3S/c1-18(2)34-27(33)25-20(4)29-28-31(26(25)22-13-11-19(3)12-14-22)23(17-35-28)15-24(32)30(5)16-21-9-7-6-8-10-21/h6-14,17-18,26H,15-16H2,1-5H3. The van der Waals surface area contributed by atoms with Gasteiger partial charge in [0.25, 0.3) is 0 Å². The van der Waals surface area contributed by atoms with Gasteiger partial charge in [0.2, 0.25) is 5.91 Å². The van der Waals surface area contributed by atoms with E-state index in [1.807, 2.05) is 99.6 Å². The third kappa shape index (κ3) is 5.51. The number of amidine groups is 1. The zero-order valence-corrected chi connectivity index (χ0v) is 21.6. The van der Waals surface area contributed by atoms with Crippen molar-refractivity contribution in [3.63, 3.8) is 0 Å². The predicted molar refractivity (Wildman–Crippen MR) is 140 cm³/mol. The van der Waals surface area contributed by atoms with E-state index in [2.05, 4.69) is 0 Å². The van der Waals surface area contributed by atoms with E-state index in [4.69, 9.17) is 9.73 Å². The SMILES string of the molecule is CC1=C(C(=O)OC(C)C)C(c2ccc(C)cc2)N2C(CC(=O)N(C)Cc3ccccc3)=CSC2=N1. The molecule has 35 heavy (non-hydrogen) atoms. The van der Waals surface area contributed by atoms with Gasteiger partial charge in [0.05, 0.1) is 29.8 Å². The maximum absolute atomic E-state index is 13.2. The maximum atomic E-state index is 13.2. The number of rotatable bonds is 7. The summed E-state index contributed by atoms with van der Waals surface area (Å²) in [5, 5.41) is 2.74. The average Bonchev–Trinajstić information content (AvgIpc) is 3.20. The molecule has 0 N–H and O–H groups in total. The molecule has 0 saturated carbocycles. The highest BCUT2D eigenvalue weighted by Crippen LogP contribution is 2.45. The van der Waals surface area contributed by atoms with Crippen molar-refractivity contribution in [2.75, 3.05) is 7.05 Å². The number of amides is 1. The van der Waals surface area contributed by atoms with E-state index in [9.17, 15) is 9.59 Å². The molecule has 182 valence electrons. The Morgan fingerprint density at radius 3 is 2.43 bits per heavy atom. The minimum atomic E-state index is -0.414. The van der Waals surface area contributed by atoms with Crippen LogP contribution in [-0.2, 0) is 20.9 Å². The molecule has 0 fully saturated rings. The maximum Gasteiger partial charge on any atom is 0.338 e. The number of hydrogen-bond donors (Lipinski definition) is 0. The molecule has 2 aliphatic rings. The Morgan fingerprint density at radius 1 is 1.09 bits per heavy atom. The fourth-order valence-corrected chi connectivity index (χ4v) is 5.17. The molecule has 1 amide bonds. The molecule has 2 aromatic rings. The topological polar surface area (TPSA) is 62.2 Å². The first-order chi connectivity index (χ1) is 16.7. The van der Waals surface area contributed by atoms with Crippen molar-refractivity contribution in [1.29, 1.82) is 0 Å². The van der Waals surface area contributed by atoms with Crippen molar-refractivity contribution in [1.82, 2.24) is 9.80 Å². The van der Waals surface area contributed by atoms with Crippen LogP contribution in [0.1, 0.15) is 49.9 Å². The summed E-state index contributed by atoms with van der Waals surface area (Å²) in [5.41, 5.74) is 5.14. The molecule has 6 nitrogen and oxygen atoms in total. The van der Waals surface area contributed by atoms with Gasteiger partial charge >= 0.3 is 5.97 Å². The third-order valence-electron chi connectivity index (χ3n) is 5.98. The molecular formula is C28H31N3O3S. The highest BCUT2D eigenvalue weighted by Gasteiger charge is 2.41. The molecule has 4 rings (SSSR count). The van der Waals surface area contributed by atoms with E-state index in [0.29, 0.717) is 17.8 Å². The number of esters is 1. The van der Waals surface area contributed by atoms with Gasteiger partial charge in [-0.15, -0.1) is 0 Å². The number of aryl methyl sites for hydroxylation is 1. The lowest BCUT2D eigenvalue weighted by molar-refractivity contribution is -0.143. The van der Waals surface area contributed by atoms with E-state index in [1.54, 1.807) is 4.90 Å². The van der Waals surface area contributed by atoms with Crippen molar-refractivity contribution in [3.8, 4) is 0 Å². The number of nitrogens with zero attached hydrogens (tertiary/aromatic N) is 3. The van der Waals surface area contributed by atoms with Crippen LogP contribution in [0, 0.1) is 6.92 Å². The molecule has 2 aliphatic heterocycles. The number of carbonyl (C=O) groups excluding carboxylic acids is 2. The Kier molecular flexibility index (Phi) is 7.45. The molecule has 0 aromatic heterocycles. The summed E-state index contributed by atoms with van der Waals surface area (Å²) in [4.78, 5) is 34.9. The number of thioether (sulfide) groups is 1. The minimum absolute atomic E-state index is 0.00203. The first-order valence-corrected chi connectivity index (χ1v) is 12.6. The number of allylic oxidation sites excluding steroid dienone is 1. The van der Waals surface area contributed by atoms with E-state index >= 15 is 0 Å². The molecule has 0 bridgehead atoms. The molecule has 1 atom stereocenters. The van der Waals surface area contributed by atoms with Crippen LogP contribution in [0.15, 0.2) is 82.0 Å². The highest BCUT2D eigenvalue weighted by atomic mass is 32.2. The van der Waals surface area contributed by atoms with Crippen LogP contribution in [-0.4, -0.2) is 40.0 Å². The summed E-state index contributed by atoms with van der Waals surface area (Å²) in [6, 6.07) is 17.6. The van der Waals surface area contributed by atoms with Crippen molar-refractivity contribution in [2.45, 2.75) is 52.8 Å². The van der Waals surface area contributed by atoms with Gasteiger partial charge in [-0.25, -0.2) is 9.79 Å². The summed E-state index contributed by atoms with van der Waals surface area (Å²) in [7, 11) is 1.82. The number of benzene rings is 2. The Bertz CT molecular complexity index is 1200. The highest BCUT2D eigenvalue weighted by molar-refractivity contribution is 8.16. The number of fused-ring (bicyclic) bond motifs is 1. The summed E-state index contributed by atoms with van der Waals surface area (Å²) in [6.45, 7) is 8.09. The molecule has 0 radical (unpaired) electrons. The first-order valence-electron chi connectivity index (χ1n) is 11.7. The largest absolute Gasteiger partial charge is 0.459 e. The van der Waals surface area contributed by atoms with Crippen molar-refractivity contribution in [2.24, 2.45) is 4.99 Å². The third-order valence-corrected chi connectivity index (χ3v) is 6.87. The molecule has 2 aromatic carbocycles. The number of aliphatic imine (C=N–C) groups is 1. The van der Waals surface area contributed by atoms with Crippen LogP contribution in [0.25, 0.3) is 0 Å². The molecule has 7 heteroatoms. The van der Waals surface area contributed by atoms with Gasteiger partial charge in [-0.1, -0.05) is 71.9 Å². The second-order valence-electron chi connectivity index (χ2n) is 9.17. The van der Waals surface area contributed by atoms with E-state index in [1.165, 1.54) is 11.8 Å². The second-order valence-corrected chi connectivity index (χ2v) is 10.0. The molecule has 0 saturated heterocycles. The zero-order chi connectivity index (χ0) is 25.1. The predicted octanol–water partition coefficient (Wildman–Crippen LogP) is 5.57. The van der Waals surface area contributed by atoms with Gasteiger partial charge in [0, 0.05) is 19.3 Å². The van der Waals surface area contributed by atoms with Crippen LogP contribution in [0.3, 0.4) is 0 Å². The Morgan fingerprint density at radius 2 is 1.77 bits per heavy atom. The Hall–Kier alpha value is -3.32. The van der Waals surface area contributed by atoms with E-state index in [-0.39, 0.29) is 24.4 Å². The normalized spacial score (nSPS) is 17.2. The summed E-state index contributed by atoms with van der Waals surface area (Å²) < 4.78 is 5.61. The minimum Gasteiger partial charge on any atom is -0.459 e. The number of ether oxygens (including phenoxy) is 1. The van der Waals surface area contributed by atoms with Crippen LogP contribution in [0.4, 0.5) is 0 Å². The lowest BCUT2D eigenvalue weighted by Crippen LogP contribution is -2.38. The number of carbonyl (C=O) groups is 2. The summed E-state index contributed by atoms with van der Waals surface area (Å²) >= 11 is 1.48.